The standard InChI is InChI=1S/C11H13ClN4/c1-7-11(12)8(2)16(15-7)10-6-4-5-9(13-3)14-10/h4-6H,1-3H3,(H,13,14). The van der Waals surface area contributed by atoms with Crippen molar-refractivity contribution in [1.29, 1.82) is 0 Å². The van der Waals surface area contributed by atoms with E-state index in [0.717, 1.165) is 23.0 Å². The molecule has 0 saturated heterocycles. The predicted molar refractivity (Wildman–Crippen MR) is 65.4 cm³/mol. The highest BCUT2D eigenvalue weighted by Crippen LogP contribution is 2.21. The molecule has 0 saturated carbocycles. The number of nitrogens with zero attached hydrogens (tertiary/aromatic N) is 3. The number of aryl methyl sites for hydroxylation is 1. The maximum Gasteiger partial charge on any atom is 0.156 e. The van der Waals surface area contributed by atoms with Crippen LogP contribution in [0.5, 0.6) is 0 Å². The van der Waals surface area contributed by atoms with E-state index < -0.39 is 0 Å². The molecule has 0 radical (unpaired) electrons. The van der Waals surface area contributed by atoms with Gasteiger partial charge in [0.25, 0.3) is 0 Å². The van der Waals surface area contributed by atoms with E-state index in [4.69, 9.17) is 11.6 Å². The number of aromatic nitrogens is 3. The molecule has 0 aliphatic heterocycles. The van der Waals surface area contributed by atoms with Gasteiger partial charge in [0.1, 0.15) is 5.82 Å². The maximum atomic E-state index is 6.10. The van der Waals surface area contributed by atoms with Gasteiger partial charge in [0, 0.05) is 7.05 Å². The van der Waals surface area contributed by atoms with Crippen molar-refractivity contribution in [2.45, 2.75) is 13.8 Å². The molecule has 16 heavy (non-hydrogen) atoms. The quantitative estimate of drug-likeness (QED) is 0.872. The fraction of sp³-hybridized carbons (Fsp3) is 0.273. The topological polar surface area (TPSA) is 42.7 Å². The van der Waals surface area contributed by atoms with Crippen LogP contribution in [0.25, 0.3) is 5.82 Å². The lowest BCUT2D eigenvalue weighted by Gasteiger charge is -2.05. The molecule has 0 atom stereocenters. The zero-order valence-corrected chi connectivity index (χ0v) is 10.2. The van der Waals surface area contributed by atoms with Gasteiger partial charge in [-0.05, 0) is 26.0 Å². The van der Waals surface area contributed by atoms with Crippen molar-refractivity contribution in [1.82, 2.24) is 14.8 Å². The summed E-state index contributed by atoms with van der Waals surface area (Å²) in [7, 11) is 1.83. The van der Waals surface area contributed by atoms with Crippen LogP contribution < -0.4 is 5.32 Å². The predicted octanol–water partition coefficient (Wildman–Crippen LogP) is 2.58. The Kier molecular flexibility index (Phi) is 2.83. The Morgan fingerprint density at radius 2 is 2.06 bits per heavy atom. The Hall–Kier alpha value is -1.55. The van der Waals surface area contributed by atoms with Gasteiger partial charge in [-0.2, -0.15) is 5.10 Å². The average Bonchev–Trinajstić information content (AvgIpc) is 2.57. The fourth-order valence-electron chi connectivity index (χ4n) is 1.53. The van der Waals surface area contributed by atoms with Crippen LogP contribution in [0.3, 0.4) is 0 Å². The highest BCUT2D eigenvalue weighted by Gasteiger charge is 2.11. The van der Waals surface area contributed by atoms with Crippen LogP contribution in [0.1, 0.15) is 11.4 Å². The first-order valence-electron chi connectivity index (χ1n) is 5.00. The first kappa shape index (κ1) is 11.0. The van der Waals surface area contributed by atoms with Gasteiger partial charge in [0.05, 0.1) is 16.4 Å². The second kappa shape index (κ2) is 4.14. The Balaban J connectivity index is 2.54. The Bertz CT molecular complexity index is 519. The summed E-state index contributed by atoms with van der Waals surface area (Å²) in [6.07, 6.45) is 0. The number of rotatable bonds is 2. The molecule has 0 aliphatic carbocycles. The molecule has 5 heteroatoms. The fourth-order valence-corrected chi connectivity index (χ4v) is 1.65. The van der Waals surface area contributed by atoms with Gasteiger partial charge in [0.2, 0.25) is 0 Å². The summed E-state index contributed by atoms with van der Waals surface area (Å²) in [4.78, 5) is 4.41. The highest BCUT2D eigenvalue weighted by molar-refractivity contribution is 6.31. The third-order valence-corrected chi connectivity index (χ3v) is 2.96. The number of hydrogen-bond donors (Lipinski definition) is 1. The summed E-state index contributed by atoms with van der Waals surface area (Å²) in [6, 6.07) is 5.73. The van der Waals surface area contributed by atoms with E-state index in [2.05, 4.69) is 15.4 Å². The largest absolute Gasteiger partial charge is 0.373 e. The van der Waals surface area contributed by atoms with Gasteiger partial charge < -0.3 is 5.32 Å². The van der Waals surface area contributed by atoms with Crippen LogP contribution in [-0.2, 0) is 0 Å². The van der Waals surface area contributed by atoms with E-state index >= 15 is 0 Å². The summed E-state index contributed by atoms with van der Waals surface area (Å²) in [6.45, 7) is 3.81. The molecule has 2 aromatic rings. The first-order valence-corrected chi connectivity index (χ1v) is 5.38. The SMILES string of the molecule is CNc1cccc(-n2nc(C)c(Cl)c2C)n1. The number of pyridine rings is 1. The van der Waals surface area contributed by atoms with Crippen LogP contribution in [-0.4, -0.2) is 21.8 Å². The zero-order chi connectivity index (χ0) is 11.7. The van der Waals surface area contributed by atoms with Gasteiger partial charge in [-0.15, -0.1) is 0 Å². The third-order valence-electron chi connectivity index (χ3n) is 2.41. The normalized spacial score (nSPS) is 10.5. The van der Waals surface area contributed by atoms with Crippen LogP contribution in [0.15, 0.2) is 18.2 Å². The van der Waals surface area contributed by atoms with Crippen molar-refractivity contribution in [2.75, 3.05) is 12.4 Å². The summed E-state index contributed by atoms with van der Waals surface area (Å²) in [5.74, 6) is 1.57. The second-order valence-electron chi connectivity index (χ2n) is 3.53. The van der Waals surface area contributed by atoms with Crippen molar-refractivity contribution in [3.8, 4) is 5.82 Å². The number of halogens is 1. The van der Waals surface area contributed by atoms with Crippen molar-refractivity contribution >= 4 is 17.4 Å². The maximum absolute atomic E-state index is 6.10. The van der Waals surface area contributed by atoms with E-state index in [-0.39, 0.29) is 0 Å². The highest BCUT2D eigenvalue weighted by atomic mass is 35.5. The number of anilines is 1. The Morgan fingerprint density at radius 1 is 1.31 bits per heavy atom. The van der Waals surface area contributed by atoms with E-state index in [9.17, 15) is 0 Å². The molecule has 0 amide bonds. The van der Waals surface area contributed by atoms with Gasteiger partial charge in [-0.1, -0.05) is 17.7 Å². The minimum Gasteiger partial charge on any atom is -0.373 e. The number of nitrogens with one attached hydrogen (secondary N) is 1. The average molecular weight is 237 g/mol. The summed E-state index contributed by atoms with van der Waals surface area (Å²) < 4.78 is 1.75. The molecule has 4 nitrogen and oxygen atoms in total. The van der Waals surface area contributed by atoms with Crippen LogP contribution in [0.4, 0.5) is 5.82 Å². The van der Waals surface area contributed by atoms with Gasteiger partial charge in [0.15, 0.2) is 5.82 Å². The minimum atomic E-state index is 0.691. The Labute approximate surface area is 99.3 Å². The molecule has 2 heterocycles. The summed E-state index contributed by atoms with van der Waals surface area (Å²) >= 11 is 6.10. The molecule has 2 aromatic heterocycles. The van der Waals surface area contributed by atoms with Crippen molar-refractivity contribution in [3.05, 3.63) is 34.6 Å². The second-order valence-corrected chi connectivity index (χ2v) is 3.91. The molecular weight excluding hydrogens is 224 g/mol. The lowest BCUT2D eigenvalue weighted by Crippen LogP contribution is -2.03. The summed E-state index contributed by atoms with van der Waals surface area (Å²) in [5.41, 5.74) is 1.72. The monoisotopic (exact) mass is 236 g/mol. The molecule has 0 fully saturated rings. The molecule has 0 aromatic carbocycles. The lowest BCUT2D eigenvalue weighted by atomic mass is 10.4. The van der Waals surface area contributed by atoms with Crippen molar-refractivity contribution < 1.29 is 0 Å². The lowest BCUT2D eigenvalue weighted by molar-refractivity contribution is 0.807. The van der Waals surface area contributed by atoms with E-state index in [1.807, 2.05) is 39.1 Å². The molecule has 0 bridgehead atoms. The molecular formula is C11H13ClN4. The molecule has 0 spiro atoms. The Morgan fingerprint density at radius 3 is 2.62 bits per heavy atom. The minimum absolute atomic E-state index is 0.691. The number of hydrogen-bond acceptors (Lipinski definition) is 3. The van der Waals surface area contributed by atoms with Crippen molar-refractivity contribution in [3.63, 3.8) is 0 Å². The first-order chi connectivity index (χ1) is 7.63. The molecule has 1 N–H and O–H groups in total. The van der Waals surface area contributed by atoms with Crippen LogP contribution in [0.2, 0.25) is 5.02 Å². The van der Waals surface area contributed by atoms with Crippen LogP contribution in [0, 0.1) is 13.8 Å². The van der Waals surface area contributed by atoms with Gasteiger partial charge in [-0.3, -0.25) is 0 Å². The molecule has 0 unspecified atom stereocenters. The van der Waals surface area contributed by atoms with Gasteiger partial charge in [-0.25, -0.2) is 9.67 Å². The smallest absolute Gasteiger partial charge is 0.156 e. The van der Waals surface area contributed by atoms with E-state index in [1.54, 1.807) is 4.68 Å². The summed E-state index contributed by atoms with van der Waals surface area (Å²) in [5, 5.41) is 8.03. The van der Waals surface area contributed by atoms with Crippen molar-refractivity contribution in [2.24, 2.45) is 0 Å². The molecule has 84 valence electrons. The van der Waals surface area contributed by atoms with Crippen LogP contribution >= 0.6 is 11.6 Å². The molecule has 0 aliphatic rings. The van der Waals surface area contributed by atoms with Gasteiger partial charge >= 0.3 is 0 Å². The zero-order valence-electron chi connectivity index (χ0n) is 9.45. The van der Waals surface area contributed by atoms with E-state index in [1.165, 1.54) is 0 Å². The van der Waals surface area contributed by atoms with E-state index in [0.29, 0.717) is 5.02 Å². The molecule has 2 rings (SSSR count). The third kappa shape index (κ3) is 1.76.